The SMILES string of the molecule is CCNCc1ccc(S(=O)(=O)Nc2nnc(C)s2)nc1. The topological polar surface area (TPSA) is 96.9 Å². The lowest BCUT2D eigenvalue weighted by Crippen LogP contribution is -2.15. The third-order valence-electron chi connectivity index (χ3n) is 2.40. The van der Waals surface area contributed by atoms with Gasteiger partial charge < -0.3 is 5.32 Å². The maximum Gasteiger partial charge on any atom is 0.281 e. The molecule has 0 bridgehead atoms. The number of rotatable bonds is 6. The predicted octanol–water partition coefficient (Wildman–Crippen LogP) is 1.15. The van der Waals surface area contributed by atoms with Crippen LogP contribution in [0.4, 0.5) is 5.13 Å². The van der Waals surface area contributed by atoms with Crippen LogP contribution in [-0.4, -0.2) is 30.1 Å². The predicted molar refractivity (Wildman–Crippen MR) is 77.1 cm³/mol. The summed E-state index contributed by atoms with van der Waals surface area (Å²) in [4.78, 5) is 3.97. The Morgan fingerprint density at radius 1 is 1.30 bits per heavy atom. The van der Waals surface area contributed by atoms with Gasteiger partial charge in [-0.3, -0.25) is 4.72 Å². The Kier molecular flexibility index (Phi) is 4.63. The quantitative estimate of drug-likeness (QED) is 0.830. The number of anilines is 1. The summed E-state index contributed by atoms with van der Waals surface area (Å²) in [6.07, 6.45) is 1.54. The maximum atomic E-state index is 12.1. The summed E-state index contributed by atoms with van der Waals surface area (Å²) in [5, 5.41) is 11.5. The van der Waals surface area contributed by atoms with E-state index in [0.29, 0.717) is 11.6 Å². The molecule has 9 heteroatoms. The first-order chi connectivity index (χ1) is 9.51. The highest BCUT2D eigenvalue weighted by molar-refractivity contribution is 7.92. The fourth-order valence-corrected chi connectivity index (χ4v) is 3.20. The smallest absolute Gasteiger partial charge is 0.281 e. The van der Waals surface area contributed by atoms with Crippen molar-refractivity contribution >= 4 is 26.5 Å². The largest absolute Gasteiger partial charge is 0.313 e. The molecule has 0 fully saturated rings. The van der Waals surface area contributed by atoms with Crippen LogP contribution in [0.25, 0.3) is 0 Å². The first-order valence-electron chi connectivity index (χ1n) is 6.00. The monoisotopic (exact) mass is 313 g/mol. The highest BCUT2D eigenvalue weighted by Crippen LogP contribution is 2.18. The molecule has 0 aliphatic heterocycles. The number of pyridine rings is 1. The van der Waals surface area contributed by atoms with Gasteiger partial charge in [-0.05, 0) is 25.1 Å². The average molecular weight is 313 g/mol. The molecular formula is C11H15N5O2S2. The summed E-state index contributed by atoms with van der Waals surface area (Å²) in [6, 6.07) is 3.21. The summed E-state index contributed by atoms with van der Waals surface area (Å²) in [6.45, 7) is 5.26. The van der Waals surface area contributed by atoms with Gasteiger partial charge in [0.25, 0.3) is 10.0 Å². The Bertz CT molecular complexity index is 666. The minimum Gasteiger partial charge on any atom is -0.313 e. The number of nitrogens with one attached hydrogen (secondary N) is 2. The van der Waals surface area contributed by atoms with Crippen molar-refractivity contribution in [2.45, 2.75) is 25.4 Å². The molecule has 2 aromatic rings. The Hall–Kier alpha value is -1.58. The Labute approximate surface area is 121 Å². The fraction of sp³-hybridized carbons (Fsp3) is 0.364. The van der Waals surface area contributed by atoms with Crippen LogP contribution in [0.3, 0.4) is 0 Å². The van der Waals surface area contributed by atoms with Crippen LogP contribution in [0.2, 0.25) is 0 Å². The van der Waals surface area contributed by atoms with Crippen molar-refractivity contribution in [3.63, 3.8) is 0 Å². The highest BCUT2D eigenvalue weighted by atomic mass is 32.2. The molecule has 20 heavy (non-hydrogen) atoms. The van der Waals surface area contributed by atoms with E-state index in [1.807, 2.05) is 6.92 Å². The lowest BCUT2D eigenvalue weighted by Gasteiger charge is -2.05. The second kappa shape index (κ2) is 6.25. The number of aryl methyl sites for hydroxylation is 1. The van der Waals surface area contributed by atoms with Gasteiger partial charge in [0.05, 0.1) is 0 Å². The van der Waals surface area contributed by atoms with Crippen molar-refractivity contribution in [2.75, 3.05) is 11.3 Å². The van der Waals surface area contributed by atoms with E-state index in [9.17, 15) is 8.42 Å². The van der Waals surface area contributed by atoms with Crippen LogP contribution in [-0.2, 0) is 16.6 Å². The first-order valence-corrected chi connectivity index (χ1v) is 8.30. The molecule has 0 aromatic carbocycles. The van der Waals surface area contributed by atoms with E-state index in [-0.39, 0.29) is 10.2 Å². The molecule has 0 saturated carbocycles. The molecule has 2 N–H and O–H groups in total. The molecule has 0 radical (unpaired) electrons. The minimum absolute atomic E-state index is 0.0365. The zero-order valence-corrected chi connectivity index (χ0v) is 12.8. The van der Waals surface area contributed by atoms with Gasteiger partial charge in [0.1, 0.15) is 5.01 Å². The molecule has 0 spiro atoms. The van der Waals surface area contributed by atoms with E-state index >= 15 is 0 Å². The summed E-state index contributed by atoms with van der Waals surface area (Å²) in [5.41, 5.74) is 0.928. The van der Waals surface area contributed by atoms with Crippen molar-refractivity contribution in [3.05, 3.63) is 28.9 Å². The zero-order chi connectivity index (χ0) is 14.6. The highest BCUT2D eigenvalue weighted by Gasteiger charge is 2.17. The summed E-state index contributed by atoms with van der Waals surface area (Å²) in [7, 11) is -3.71. The lowest BCUT2D eigenvalue weighted by molar-refractivity contribution is 0.597. The van der Waals surface area contributed by atoms with Crippen LogP contribution in [0, 0.1) is 6.92 Å². The van der Waals surface area contributed by atoms with E-state index in [4.69, 9.17) is 0 Å². The molecule has 2 heterocycles. The van der Waals surface area contributed by atoms with E-state index < -0.39 is 10.0 Å². The van der Waals surface area contributed by atoms with E-state index in [0.717, 1.165) is 12.1 Å². The second-order valence-corrected chi connectivity index (χ2v) is 6.83. The molecule has 7 nitrogen and oxygen atoms in total. The van der Waals surface area contributed by atoms with Crippen LogP contribution in [0.5, 0.6) is 0 Å². The molecule has 0 atom stereocenters. The Balaban J connectivity index is 2.13. The summed E-state index contributed by atoms with van der Waals surface area (Å²) >= 11 is 1.17. The lowest BCUT2D eigenvalue weighted by atomic mass is 10.3. The third kappa shape index (κ3) is 3.71. The minimum atomic E-state index is -3.71. The Morgan fingerprint density at radius 2 is 2.10 bits per heavy atom. The van der Waals surface area contributed by atoms with Crippen LogP contribution < -0.4 is 10.0 Å². The molecule has 0 unspecified atom stereocenters. The molecule has 0 saturated heterocycles. The number of hydrogen-bond donors (Lipinski definition) is 2. The zero-order valence-electron chi connectivity index (χ0n) is 11.1. The molecule has 0 aliphatic rings. The molecule has 2 aromatic heterocycles. The normalized spacial score (nSPS) is 11.5. The number of aromatic nitrogens is 3. The van der Waals surface area contributed by atoms with Crippen molar-refractivity contribution in [1.29, 1.82) is 0 Å². The van der Waals surface area contributed by atoms with Gasteiger partial charge in [-0.25, -0.2) is 4.98 Å². The van der Waals surface area contributed by atoms with E-state index in [2.05, 4.69) is 25.2 Å². The van der Waals surface area contributed by atoms with Crippen LogP contribution in [0.15, 0.2) is 23.4 Å². The van der Waals surface area contributed by atoms with Gasteiger partial charge in [-0.1, -0.05) is 24.3 Å². The molecule has 0 aliphatic carbocycles. The Morgan fingerprint density at radius 3 is 2.65 bits per heavy atom. The van der Waals surface area contributed by atoms with Crippen LogP contribution in [0.1, 0.15) is 17.5 Å². The van der Waals surface area contributed by atoms with Gasteiger partial charge in [-0.2, -0.15) is 8.42 Å². The molecule has 0 amide bonds. The van der Waals surface area contributed by atoms with Gasteiger partial charge in [0.15, 0.2) is 5.03 Å². The summed E-state index contributed by atoms with van der Waals surface area (Å²) in [5.74, 6) is 0. The second-order valence-electron chi connectivity index (χ2n) is 4.02. The standard InChI is InChI=1S/C11H15N5O2S2/c1-3-12-6-9-4-5-10(13-7-9)20(17,18)16-11-15-14-8(2)19-11/h4-5,7,12H,3,6H2,1-2H3,(H,15,16). The van der Waals surface area contributed by atoms with Crippen LogP contribution >= 0.6 is 11.3 Å². The van der Waals surface area contributed by atoms with E-state index in [1.165, 1.54) is 17.4 Å². The number of nitrogens with zero attached hydrogens (tertiary/aromatic N) is 3. The maximum absolute atomic E-state index is 12.1. The van der Waals surface area contributed by atoms with Gasteiger partial charge in [0, 0.05) is 12.7 Å². The van der Waals surface area contributed by atoms with Gasteiger partial charge in [-0.15, -0.1) is 10.2 Å². The van der Waals surface area contributed by atoms with Crippen molar-refractivity contribution in [3.8, 4) is 0 Å². The number of sulfonamides is 1. The van der Waals surface area contributed by atoms with Crippen molar-refractivity contribution in [2.24, 2.45) is 0 Å². The summed E-state index contributed by atoms with van der Waals surface area (Å²) < 4.78 is 26.5. The molecule has 2 rings (SSSR count). The first kappa shape index (κ1) is 14.8. The van der Waals surface area contributed by atoms with Crippen molar-refractivity contribution in [1.82, 2.24) is 20.5 Å². The van der Waals surface area contributed by atoms with Gasteiger partial charge in [0.2, 0.25) is 5.13 Å². The van der Waals surface area contributed by atoms with Gasteiger partial charge >= 0.3 is 0 Å². The average Bonchev–Trinajstić information content (AvgIpc) is 2.81. The van der Waals surface area contributed by atoms with E-state index in [1.54, 1.807) is 19.2 Å². The number of hydrogen-bond acceptors (Lipinski definition) is 7. The third-order valence-corrected chi connectivity index (χ3v) is 4.54. The van der Waals surface area contributed by atoms with Crippen molar-refractivity contribution < 1.29 is 8.42 Å². The fourth-order valence-electron chi connectivity index (χ4n) is 1.45. The molecule has 108 valence electrons. The molecular weight excluding hydrogens is 298 g/mol.